The van der Waals surface area contributed by atoms with Crippen molar-refractivity contribution in [3.63, 3.8) is 0 Å². The van der Waals surface area contributed by atoms with Crippen LogP contribution in [0, 0.1) is 0 Å². The normalized spacial score (nSPS) is 11.3. The highest BCUT2D eigenvalue weighted by Gasteiger charge is 2.26. The van der Waals surface area contributed by atoms with Crippen molar-refractivity contribution in [2.75, 3.05) is 10.6 Å². The highest BCUT2D eigenvalue weighted by atomic mass is 32.1. The number of carboxylic acid groups (broad SMARTS) is 2. The number of benzene rings is 4. The molecule has 58 heavy (non-hydrogen) atoms. The van der Waals surface area contributed by atoms with Crippen molar-refractivity contribution in [3.8, 4) is 33.5 Å². The standard InChI is InChI=1S/C46H37N3O6S3/c1-2-29-31-14-6-7-17-36(31)47-41(29)35-25-58-44(40(35)46(54)55)49-38(51)21-19-27-12-8-13-28(22-27)30-15-9-16-32-33(23-56-42(30)32)34-24-57-43(39(34)45(52)53)48-37(50)20-18-26-10-4-3-5-11-26/h3-17,22-25,47H,2,18-21H2,1H3,(H,48,50)(H,49,51)(H,52,53)(H,54,55). The third-order valence-electron chi connectivity index (χ3n) is 10.2. The van der Waals surface area contributed by atoms with Crippen molar-refractivity contribution < 1.29 is 29.4 Å². The average Bonchev–Trinajstić information content (AvgIpc) is 4.03. The summed E-state index contributed by atoms with van der Waals surface area (Å²) in [6.45, 7) is 2.04. The number of hydrogen-bond donors (Lipinski definition) is 5. The van der Waals surface area contributed by atoms with E-state index >= 15 is 0 Å². The first-order valence-corrected chi connectivity index (χ1v) is 21.4. The van der Waals surface area contributed by atoms with Crippen LogP contribution in [0.5, 0.6) is 0 Å². The van der Waals surface area contributed by atoms with Crippen LogP contribution in [0.15, 0.2) is 113 Å². The number of fused-ring (bicyclic) bond motifs is 2. The lowest BCUT2D eigenvalue weighted by atomic mass is 9.97. The van der Waals surface area contributed by atoms with Crippen LogP contribution in [-0.2, 0) is 28.9 Å². The minimum Gasteiger partial charge on any atom is -0.478 e. The first-order chi connectivity index (χ1) is 28.2. The molecule has 4 heterocycles. The first-order valence-electron chi connectivity index (χ1n) is 18.7. The second-order valence-electron chi connectivity index (χ2n) is 13.8. The summed E-state index contributed by atoms with van der Waals surface area (Å²) in [5.74, 6) is -2.74. The van der Waals surface area contributed by atoms with Crippen LogP contribution < -0.4 is 10.6 Å². The van der Waals surface area contributed by atoms with E-state index in [-0.39, 0.29) is 35.8 Å². The monoisotopic (exact) mass is 823 g/mol. The molecule has 0 spiro atoms. The second kappa shape index (κ2) is 16.6. The third kappa shape index (κ3) is 7.69. The number of thiophene rings is 3. The van der Waals surface area contributed by atoms with Crippen molar-refractivity contribution >= 4 is 88.8 Å². The van der Waals surface area contributed by atoms with Crippen molar-refractivity contribution in [2.24, 2.45) is 0 Å². The number of rotatable bonds is 14. The van der Waals surface area contributed by atoms with Gasteiger partial charge in [0.25, 0.3) is 0 Å². The Hall–Kier alpha value is -6.34. The van der Waals surface area contributed by atoms with Gasteiger partial charge in [0.2, 0.25) is 11.8 Å². The van der Waals surface area contributed by atoms with E-state index in [1.165, 1.54) is 34.0 Å². The number of carbonyl (C=O) groups is 4. The number of aromatic nitrogens is 1. The number of nitrogens with one attached hydrogen (secondary N) is 3. The molecular weight excluding hydrogens is 787 g/mol. The Morgan fingerprint density at radius 3 is 1.90 bits per heavy atom. The number of carbonyl (C=O) groups excluding carboxylic acids is 2. The zero-order valence-corrected chi connectivity index (χ0v) is 33.7. The molecule has 0 aliphatic rings. The fourth-order valence-electron chi connectivity index (χ4n) is 7.43. The number of H-pyrrole nitrogens is 1. The molecule has 0 aliphatic carbocycles. The van der Waals surface area contributed by atoms with Gasteiger partial charge in [-0.25, -0.2) is 9.59 Å². The average molecular weight is 824 g/mol. The van der Waals surface area contributed by atoms with Crippen molar-refractivity contribution in [3.05, 3.63) is 141 Å². The maximum Gasteiger partial charge on any atom is 0.339 e. The molecule has 0 atom stereocenters. The van der Waals surface area contributed by atoms with Gasteiger partial charge in [-0.2, -0.15) is 0 Å². The quantitative estimate of drug-likeness (QED) is 0.0737. The second-order valence-corrected chi connectivity index (χ2v) is 16.4. The van der Waals surface area contributed by atoms with E-state index in [9.17, 15) is 29.4 Å². The van der Waals surface area contributed by atoms with Crippen LogP contribution in [0.2, 0.25) is 0 Å². The predicted molar refractivity (Wildman–Crippen MR) is 236 cm³/mol. The van der Waals surface area contributed by atoms with Crippen molar-refractivity contribution in [2.45, 2.75) is 39.0 Å². The maximum atomic E-state index is 13.3. The van der Waals surface area contributed by atoms with E-state index in [2.05, 4.69) is 15.6 Å². The fourth-order valence-corrected chi connectivity index (χ4v) is 10.5. The van der Waals surface area contributed by atoms with E-state index in [1.54, 1.807) is 10.8 Å². The Bertz CT molecular complexity index is 2850. The van der Waals surface area contributed by atoms with Gasteiger partial charge in [-0.1, -0.05) is 97.9 Å². The summed E-state index contributed by atoms with van der Waals surface area (Å²) in [5.41, 5.74) is 8.65. The Kier molecular flexibility index (Phi) is 11.1. The highest BCUT2D eigenvalue weighted by molar-refractivity contribution is 7.18. The largest absolute Gasteiger partial charge is 0.478 e. The van der Waals surface area contributed by atoms with E-state index in [4.69, 9.17) is 0 Å². The van der Waals surface area contributed by atoms with Gasteiger partial charge in [0.05, 0.1) is 5.69 Å². The molecule has 0 saturated carbocycles. The molecule has 290 valence electrons. The molecule has 0 aliphatic heterocycles. The van der Waals surface area contributed by atoms with Gasteiger partial charge in [-0.3, -0.25) is 9.59 Å². The summed E-state index contributed by atoms with van der Waals surface area (Å²) in [4.78, 5) is 54.7. The van der Waals surface area contributed by atoms with Crippen LogP contribution in [-0.4, -0.2) is 39.0 Å². The third-order valence-corrected chi connectivity index (χ3v) is 13.0. The Labute approximate surface area is 345 Å². The topological polar surface area (TPSA) is 149 Å². The van der Waals surface area contributed by atoms with Gasteiger partial charge >= 0.3 is 11.9 Å². The molecule has 4 aromatic carbocycles. The first kappa shape index (κ1) is 38.5. The number of aromatic carboxylic acids is 2. The van der Waals surface area contributed by atoms with Gasteiger partial charge < -0.3 is 25.8 Å². The highest BCUT2D eigenvalue weighted by Crippen LogP contribution is 2.44. The van der Waals surface area contributed by atoms with Gasteiger partial charge in [0.15, 0.2) is 0 Å². The lowest BCUT2D eigenvalue weighted by Gasteiger charge is -2.09. The summed E-state index contributed by atoms with van der Waals surface area (Å²) in [6, 6.07) is 31.5. The van der Waals surface area contributed by atoms with Gasteiger partial charge in [-0.05, 0) is 58.5 Å². The molecule has 9 nitrogen and oxygen atoms in total. The molecule has 12 heteroatoms. The fraction of sp³-hybridized carbons (Fsp3) is 0.130. The number of carboxylic acids is 2. The summed E-state index contributed by atoms with van der Waals surface area (Å²) >= 11 is 3.93. The molecule has 8 aromatic rings. The molecule has 0 bridgehead atoms. The number of amides is 2. The van der Waals surface area contributed by atoms with Crippen molar-refractivity contribution in [1.82, 2.24) is 4.98 Å². The van der Waals surface area contributed by atoms with Crippen LogP contribution in [0.1, 0.15) is 57.2 Å². The van der Waals surface area contributed by atoms with Crippen LogP contribution in [0.3, 0.4) is 0 Å². The summed E-state index contributed by atoms with van der Waals surface area (Å²) in [6.07, 6.45) is 2.09. The molecule has 0 saturated heterocycles. The SMILES string of the molecule is CCc1c(-c2csc(NC(=O)CCc3cccc(-c4cccc5c(-c6csc(NC(=O)CCc7ccccc7)c6C(=O)O)csc45)c3)c2C(=O)O)[nH]c2ccccc12. The van der Waals surface area contributed by atoms with E-state index < -0.39 is 11.9 Å². The van der Waals surface area contributed by atoms with Crippen LogP contribution in [0.25, 0.3) is 54.5 Å². The van der Waals surface area contributed by atoms with E-state index in [0.717, 1.165) is 66.5 Å². The smallest absolute Gasteiger partial charge is 0.339 e. The molecule has 0 radical (unpaired) electrons. The van der Waals surface area contributed by atoms with E-state index in [0.29, 0.717) is 34.0 Å². The maximum absolute atomic E-state index is 13.3. The zero-order valence-electron chi connectivity index (χ0n) is 31.3. The Balaban J connectivity index is 0.983. The Morgan fingerprint density at radius 1 is 0.603 bits per heavy atom. The minimum atomic E-state index is -1.11. The number of aryl methyl sites for hydroxylation is 3. The molecule has 8 rings (SSSR count). The van der Waals surface area contributed by atoms with Crippen molar-refractivity contribution in [1.29, 1.82) is 0 Å². The van der Waals surface area contributed by atoms with Crippen LogP contribution >= 0.6 is 34.0 Å². The Morgan fingerprint density at radius 2 is 1.19 bits per heavy atom. The summed E-state index contributed by atoms with van der Waals surface area (Å²) in [5, 5.41) is 34.4. The van der Waals surface area contributed by atoms with Gasteiger partial charge in [-0.15, -0.1) is 34.0 Å². The number of aromatic amines is 1. The molecule has 4 aromatic heterocycles. The van der Waals surface area contributed by atoms with E-state index in [1.807, 2.05) is 109 Å². The predicted octanol–water partition coefficient (Wildman–Crippen LogP) is 11.6. The minimum absolute atomic E-state index is 0.0706. The lowest BCUT2D eigenvalue weighted by Crippen LogP contribution is -2.14. The molecule has 0 unspecified atom stereocenters. The molecular formula is C46H37N3O6S3. The molecule has 0 fully saturated rings. The zero-order chi connectivity index (χ0) is 40.3. The summed E-state index contributed by atoms with van der Waals surface area (Å²) in [7, 11) is 0. The lowest BCUT2D eigenvalue weighted by molar-refractivity contribution is -0.117. The summed E-state index contributed by atoms with van der Waals surface area (Å²) < 4.78 is 0.985. The van der Waals surface area contributed by atoms with Gasteiger partial charge in [0.1, 0.15) is 21.1 Å². The number of para-hydroxylation sites is 1. The molecule has 2 amide bonds. The number of hydrogen-bond acceptors (Lipinski definition) is 7. The van der Waals surface area contributed by atoms with Crippen LogP contribution in [0.4, 0.5) is 10.0 Å². The number of anilines is 2. The van der Waals surface area contributed by atoms with Gasteiger partial charge in [0, 0.05) is 61.3 Å². The molecule has 5 N–H and O–H groups in total.